The van der Waals surface area contributed by atoms with Crippen LogP contribution in [0.1, 0.15) is 41.9 Å². The van der Waals surface area contributed by atoms with Gasteiger partial charge in [0, 0.05) is 33.9 Å². The normalized spacial score (nSPS) is 11.7. The first kappa shape index (κ1) is 22.3. The summed E-state index contributed by atoms with van der Waals surface area (Å²) >= 11 is 0. The number of aryl methyl sites for hydroxylation is 1. The van der Waals surface area contributed by atoms with Crippen molar-refractivity contribution in [2.75, 3.05) is 0 Å². The number of halogens is 1. The van der Waals surface area contributed by atoms with E-state index in [1.807, 2.05) is 30.5 Å². The third-order valence-electron chi connectivity index (χ3n) is 6.37. The summed E-state index contributed by atoms with van der Waals surface area (Å²) in [6.07, 6.45) is 3.16. The number of rotatable bonds is 5. The summed E-state index contributed by atoms with van der Waals surface area (Å²) in [6, 6.07) is 14.7. The molecule has 0 aliphatic rings. The van der Waals surface area contributed by atoms with E-state index in [9.17, 15) is 19.6 Å². The van der Waals surface area contributed by atoms with Crippen LogP contribution >= 0.6 is 0 Å². The SMILES string of the molecule is Cc1cc(-n2c(C(C)(C)CC#N)c(-c3ccc(C(=O)O)cc3)c3cc4[nH]ncc4cc32)ncc1F. The third-order valence-corrected chi connectivity index (χ3v) is 6.37. The van der Waals surface area contributed by atoms with E-state index in [0.717, 1.165) is 38.6 Å². The molecule has 2 aromatic carbocycles. The predicted octanol–water partition coefficient (Wildman–Crippen LogP) is 5.91. The highest BCUT2D eigenvalue weighted by molar-refractivity contribution is 6.06. The van der Waals surface area contributed by atoms with Gasteiger partial charge in [-0.2, -0.15) is 10.4 Å². The summed E-state index contributed by atoms with van der Waals surface area (Å²) in [6.45, 7) is 5.66. The van der Waals surface area contributed by atoms with E-state index in [1.165, 1.54) is 6.20 Å². The Kier molecular flexibility index (Phi) is 5.13. The van der Waals surface area contributed by atoms with Crippen LogP contribution in [0.2, 0.25) is 0 Å². The number of hydrogen-bond donors (Lipinski definition) is 2. The van der Waals surface area contributed by atoms with Crippen LogP contribution in [0.15, 0.2) is 54.9 Å². The maximum atomic E-state index is 14.1. The lowest BCUT2D eigenvalue weighted by Crippen LogP contribution is -2.22. The van der Waals surface area contributed by atoms with Crippen molar-refractivity contribution >= 4 is 27.8 Å². The van der Waals surface area contributed by atoms with Crippen LogP contribution in [0.25, 0.3) is 38.8 Å². The topological polar surface area (TPSA) is 108 Å². The first-order valence-corrected chi connectivity index (χ1v) is 11.1. The number of nitrogens with one attached hydrogen (secondary N) is 1. The highest BCUT2D eigenvalue weighted by Crippen LogP contribution is 2.44. The van der Waals surface area contributed by atoms with Gasteiger partial charge in [-0.15, -0.1) is 0 Å². The zero-order chi connectivity index (χ0) is 24.9. The van der Waals surface area contributed by atoms with Gasteiger partial charge in [-0.25, -0.2) is 14.2 Å². The van der Waals surface area contributed by atoms with Gasteiger partial charge in [-0.05, 0) is 48.4 Å². The van der Waals surface area contributed by atoms with Gasteiger partial charge in [0.15, 0.2) is 0 Å². The highest BCUT2D eigenvalue weighted by Gasteiger charge is 2.32. The standard InChI is InChI=1S/C27H22FN5O2/c1-15-10-23(30-14-20(15)28)33-22-11-18-13-31-32-21(18)12-19(22)24(25(33)27(2,3)8-9-29)16-4-6-17(7-5-16)26(34)35/h4-7,10-14H,8H2,1-3H3,(H,31,32)(H,34,35). The summed E-state index contributed by atoms with van der Waals surface area (Å²) < 4.78 is 16.1. The molecule has 0 unspecified atom stereocenters. The number of H-pyrrole nitrogens is 1. The number of carbonyl (C=O) groups is 1. The van der Waals surface area contributed by atoms with Crippen molar-refractivity contribution in [2.24, 2.45) is 0 Å². The van der Waals surface area contributed by atoms with Gasteiger partial charge < -0.3 is 5.11 Å². The summed E-state index contributed by atoms with van der Waals surface area (Å²) in [5.41, 5.74) is 4.18. The molecule has 0 amide bonds. The van der Waals surface area contributed by atoms with E-state index < -0.39 is 17.2 Å². The third kappa shape index (κ3) is 3.62. The molecule has 2 N–H and O–H groups in total. The average Bonchev–Trinajstić information content (AvgIpc) is 3.41. The van der Waals surface area contributed by atoms with Crippen molar-refractivity contribution < 1.29 is 14.3 Å². The van der Waals surface area contributed by atoms with E-state index >= 15 is 0 Å². The number of pyridine rings is 1. The molecule has 0 saturated carbocycles. The number of carboxylic acids is 1. The number of aromatic carboxylic acids is 1. The number of hydrogen-bond acceptors (Lipinski definition) is 4. The molecular weight excluding hydrogens is 445 g/mol. The van der Waals surface area contributed by atoms with E-state index in [4.69, 9.17) is 0 Å². The minimum Gasteiger partial charge on any atom is -0.478 e. The quantitative estimate of drug-likeness (QED) is 0.334. The molecule has 0 spiro atoms. The van der Waals surface area contributed by atoms with E-state index in [-0.39, 0.29) is 12.0 Å². The monoisotopic (exact) mass is 467 g/mol. The lowest BCUT2D eigenvalue weighted by molar-refractivity contribution is 0.0697. The average molecular weight is 468 g/mol. The molecule has 3 aromatic heterocycles. The van der Waals surface area contributed by atoms with Crippen LogP contribution in [0.5, 0.6) is 0 Å². The highest BCUT2D eigenvalue weighted by atomic mass is 19.1. The molecule has 5 aromatic rings. The van der Waals surface area contributed by atoms with Gasteiger partial charge in [0.2, 0.25) is 0 Å². The van der Waals surface area contributed by atoms with Crippen molar-refractivity contribution in [3.8, 4) is 23.0 Å². The summed E-state index contributed by atoms with van der Waals surface area (Å²) in [7, 11) is 0. The number of fused-ring (bicyclic) bond motifs is 2. The second kappa shape index (κ2) is 8.06. The fourth-order valence-corrected chi connectivity index (χ4v) is 4.60. The Hall–Kier alpha value is -4.51. The summed E-state index contributed by atoms with van der Waals surface area (Å²) in [4.78, 5) is 15.9. The minimum absolute atomic E-state index is 0.183. The fraction of sp³-hybridized carbons (Fsp3) is 0.185. The molecule has 0 radical (unpaired) electrons. The molecule has 8 heteroatoms. The number of benzene rings is 2. The first-order chi connectivity index (χ1) is 16.7. The lowest BCUT2D eigenvalue weighted by atomic mass is 9.82. The van der Waals surface area contributed by atoms with Gasteiger partial charge in [0.25, 0.3) is 0 Å². The first-order valence-electron chi connectivity index (χ1n) is 11.1. The van der Waals surface area contributed by atoms with E-state index in [0.29, 0.717) is 11.4 Å². The molecule has 35 heavy (non-hydrogen) atoms. The van der Waals surface area contributed by atoms with Crippen LogP contribution in [-0.4, -0.2) is 30.8 Å². The molecule has 174 valence electrons. The zero-order valence-electron chi connectivity index (χ0n) is 19.4. The van der Waals surface area contributed by atoms with E-state index in [1.54, 1.807) is 43.5 Å². The second-order valence-electron chi connectivity index (χ2n) is 9.28. The van der Waals surface area contributed by atoms with Crippen LogP contribution in [0.3, 0.4) is 0 Å². The van der Waals surface area contributed by atoms with Gasteiger partial charge in [-0.3, -0.25) is 9.67 Å². The molecular formula is C27H22FN5O2. The Morgan fingerprint density at radius 2 is 1.94 bits per heavy atom. The number of nitriles is 1. The predicted molar refractivity (Wildman–Crippen MR) is 131 cm³/mol. The zero-order valence-corrected chi connectivity index (χ0v) is 19.4. The van der Waals surface area contributed by atoms with Crippen molar-refractivity contribution in [1.82, 2.24) is 19.7 Å². The largest absolute Gasteiger partial charge is 0.478 e. The fourth-order valence-electron chi connectivity index (χ4n) is 4.60. The van der Waals surface area contributed by atoms with Gasteiger partial charge in [0.1, 0.15) is 11.6 Å². The second-order valence-corrected chi connectivity index (χ2v) is 9.28. The summed E-state index contributed by atoms with van der Waals surface area (Å²) in [5, 5.41) is 28.0. The Balaban J connectivity index is 1.96. The summed E-state index contributed by atoms with van der Waals surface area (Å²) in [5.74, 6) is -0.870. The Morgan fingerprint density at radius 1 is 1.20 bits per heavy atom. The molecule has 7 nitrogen and oxygen atoms in total. The van der Waals surface area contributed by atoms with Crippen molar-refractivity contribution in [3.05, 3.63) is 77.5 Å². The van der Waals surface area contributed by atoms with Crippen molar-refractivity contribution in [2.45, 2.75) is 32.6 Å². The maximum Gasteiger partial charge on any atom is 0.335 e. The molecule has 5 rings (SSSR count). The van der Waals surface area contributed by atoms with E-state index in [2.05, 4.69) is 21.3 Å². The van der Waals surface area contributed by atoms with Crippen molar-refractivity contribution in [3.63, 3.8) is 0 Å². The van der Waals surface area contributed by atoms with Gasteiger partial charge in [0.05, 0.1) is 35.1 Å². The van der Waals surface area contributed by atoms with Crippen molar-refractivity contribution in [1.29, 1.82) is 5.26 Å². The molecule has 0 atom stereocenters. The minimum atomic E-state index is -1.01. The number of aromatic nitrogens is 4. The number of carboxylic acid groups (broad SMARTS) is 1. The Bertz CT molecular complexity index is 1660. The van der Waals surface area contributed by atoms with Crippen LogP contribution in [0, 0.1) is 24.1 Å². The Labute approximate surface area is 200 Å². The number of nitrogens with zero attached hydrogens (tertiary/aromatic N) is 4. The molecule has 0 aliphatic heterocycles. The van der Waals surface area contributed by atoms with Crippen LogP contribution in [0.4, 0.5) is 4.39 Å². The molecule has 0 bridgehead atoms. The molecule has 0 fully saturated rings. The lowest BCUT2D eigenvalue weighted by Gasteiger charge is -2.26. The number of aromatic amines is 1. The smallest absolute Gasteiger partial charge is 0.335 e. The van der Waals surface area contributed by atoms with Crippen LogP contribution in [-0.2, 0) is 5.41 Å². The van der Waals surface area contributed by atoms with Gasteiger partial charge >= 0.3 is 5.97 Å². The molecule has 0 saturated heterocycles. The molecule has 0 aliphatic carbocycles. The van der Waals surface area contributed by atoms with Crippen LogP contribution < -0.4 is 0 Å². The maximum absolute atomic E-state index is 14.1. The Morgan fingerprint density at radius 3 is 2.60 bits per heavy atom. The molecule has 3 heterocycles. The van der Waals surface area contributed by atoms with Gasteiger partial charge in [-0.1, -0.05) is 26.0 Å².